The number of rotatable bonds is 2. The van der Waals surface area contributed by atoms with Crippen molar-refractivity contribution < 1.29 is 4.79 Å². The van der Waals surface area contributed by atoms with Crippen LogP contribution in [0.2, 0.25) is 0 Å². The molecule has 0 heterocycles. The Labute approximate surface area is 76.1 Å². The lowest BCUT2D eigenvalue weighted by Crippen LogP contribution is -2.39. The van der Waals surface area contributed by atoms with Crippen molar-refractivity contribution in [1.82, 2.24) is 4.90 Å². The average Bonchev–Trinajstić information content (AvgIpc) is 1.85. The third-order valence-electron chi connectivity index (χ3n) is 1.18. The van der Waals surface area contributed by atoms with E-state index in [-0.39, 0.29) is 5.91 Å². The van der Waals surface area contributed by atoms with Crippen LogP contribution in [0.15, 0.2) is 0 Å². The maximum atomic E-state index is 11.3. The van der Waals surface area contributed by atoms with Crippen molar-refractivity contribution in [3.05, 3.63) is 0 Å². The molecule has 3 heteroatoms. The van der Waals surface area contributed by atoms with Gasteiger partial charge in [-0.2, -0.15) is 0 Å². The van der Waals surface area contributed by atoms with E-state index < -0.39 is 4.32 Å². The molecule has 0 bridgehead atoms. The zero-order valence-corrected chi connectivity index (χ0v) is 8.60. The Balaban J connectivity index is 4.17. The van der Waals surface area contributed by atoms with Gasteiger partial charge >= 0.3 is 0 Å². The minimum Gasteiger partial charge on any atom is -0.333 e. The van der Waals surface area contributed by atoms with Crippen molar-refractivity contribution in [1.29, 1.82) is 0 Å². The van der Waals surface area contributed by atoms with Crippen LogP contribution >= 0.6 is 15.9 Å². The first-order chi connectivity index (χ1) is 4.89. The topological polar surface area (TPSA) is 20.3 Å². The first kappa shape index (κ1) is 10.5. The number of halogens is 1. The molecule has 0 aliphatic carbocycles. The van der Waals surface area contributed by atoms with Gasteiger partial charge in [0.15, 0.2) is 0 Å². The van der Waals surface area contributed by atoms with Gasteiger partial charge in [-0.1, -0.05) is 21.9 Å². The van der Waals surface area contributed by atoms with Crippen molar-refractivity contribution in [3.8, 4) is 12.3 Å². The Bertz CT molecular complexity index is 187. The van der Waals surface area contributed by atoms with Gasteiger partial charge in [0.2, 0.25) is 5.91 Å². The van der Waals surface area contributed by atoms with Crippen molar-refractivity contribution in [2.24, 2.45) is 0 Å². The summed E-state index contributed by atoms with van der Waals surface area (Å²) in [4.78, 5) is 12.8. The molecule has 0 spiro atoms. The van der Waals surface area contributed by atoms with Crippen molar-refractivity contribution in [2.75, 3.05) is 13.6 Å². The average molecular weight is 218 g/mol. The van der Waals surface area contributed by atoms with Crippen LogP contribution in [0.4, 0.5) is 0 Å². The number of amides is 1. The lowest BCUT2D eigenvalue weighted by Gasteiger charge is -2.22. The van der Waals surface area contributed by atoms with E-state index in [2.05, 4.69) is 21.9 Å². The van der Waals surface area contributed by atoms with Crippen molar-refractivity contribution in [2.45, 2.75) is 18.2 Å². The molecule has 0 saturated carbocycles. The molecular weight excluding hydrogens is 206 g/mol. The lowest BCUT2D eigenvalue weighted by atomic mass is 10.2. The van der Waals surface area contributed by atoms with Gasteiger partial charge in [-0.15, -0.1) is 6.42 Å². The Hall–Kier alpha value is -0.490. The Morgan fingerprint density at radius 1 is 1.73 bits per heavy atom. The maximum absolute atomic E-state index is 11.3. The fourth-order valence-corrected chi connectivity index (χ4v) is 0.965. The molecule has 0 aromatic heterocycles. The number of hydrogen-bond donors (Lipinski definition) is 0. The first-order valence-electron chi connectivity index (χ1n) is 3.27. The van der Waals surface area contributed by atoms with E-state index >= 15 is 0 Å². The molecule has 0 unspecified atom stereocenters. The molecule has 0 saturated heterocycles. The molecule has 0 aromatic carbocycles. The zero-order chi connectivity index (χ0) is 9.07. The zero-order valence-electron chi connectivity index (χ0n) is 7.02. The molecule has 62 valence electrons. The van der Waals surface area contributed by atoms with Crippen LogP contribution in [0, 0.1) is 12.3 Å². The van der Waals surface area contributed by atoms with Gasteiger partial charge in [-0.05, 0) is 13.8 Å². The fraction of sp³-hybridized carbons (Fsp3) is 0.625. The molecule has 0 aliphatic heterocycles. The van der Waals surface area contributed by atoms with Crippen LogP contribution in [-0.4, -0.2) is 28.7 Å². The number of hydrogen-bond acceptors (Lipinski definition) is 1. The van der Waals surface area contributed by atoms with Crippen molar-refractivity contribution in [3.63, 3.8) is 0 Å². The summed E-state index contributed by atoms with van der Waals surface area (Å²) in [5, 5.41) is 0. The first-order valence-corrected chi connectivity index (χ1v) is 4.07. The summed E-state index contributed by atoms with van der Waals surface area (Å²) in [6, 6.07) is 0. The Kier molecular flexibility index (Phi) is 3.61. The molecule has 0 aromatic rings. The molecule has 0 aliphatic rings. The van der Waals surface area contributed by atoms with Crippen LogP contribution in [-0.2, 0) is 4.79 Å². The highest BCUT2D eigenvalue weighted by atomic mass is 79.9. The highest BCUT2D eigenvalue weighted by Gasteiger charge is 2.26. The second kappa shape index (κ2) is 3.77. The van der Waals surface area contributed by atoms with Gasteiger partial charge in [0.25, 0.3) is 0 Å². The van der Waals surface area contributed by atoms with Crippen LogP contribution in [0.5, 0.6) is 0 Å². The van der Waals surface area contributed by atoms with Gasteiger partial charge in [0, 0.05) is 7.05 Å². The maximum Gasteiger partial charge on any atom is 0.239 e. The van der Waals surface area contributed by atoms with E-state index in [9.17, 15) is 4.79 Å². The van der Waals surface area contributed by atoms with Gasteiger partial charge in [-0.3, -0.25) is 4.79 Å². The largest absolute Gasteiger partial charge is 0.333 e. The molecule has 2 nitrogen and oxygen atoms in total. The normalized spacial score (nSPS) is 10.5. The van der Waals surface area contributed by atoms with E-state index in [4.69, 9.17) is 6.42 Å². The smallest absolute Gasteiger partial charge is 0.239 e. The quantitative estimate of drug-likeness (QED) is 0.504. The highest BCUT2D eigenvalue weighted by Crippen LogP contribution is 2.17. The summed E-state index contributed by atoms with van der Waals surface area (Å²) in [6.45, 7) is 3.94. The van der Waals surface area contributed by atoms with Gasteiger partial charge < -0.3 is 4.90 Å². The summed E-state index contributed by atoms with van der Waals surface area (Å²) in [5.41, 5.74) is 0. The monoisotopic (exact) mass is 217 g/mol. The highest BCUT2D eigenvalue weighted by molar-refractivity contribution is 9.10. The van der Waals surface area contributed by atoms with Gasteiger partial charge in [0.05, 0.1) is 10.9 Å². The summed E-state index contributed by atoms with van der Waals surface area (Å²) in [5.74, 6) is 2.40. The molecule has 1 amide bonds. The van der Waals surface area contributed by atoms with Crippen LogP contribution in [0.25, 0.3) is 0 Å². The molecule has 11 heavy (non-hydrogen) atoms. The van der Waals surface area contributed by atoms with E-state index in [1.807, 2.05) is 0 Å². The number of carbonyl (C=O) groups is 1. The summed E-state index contributed by atoms with van der Waals surface area (Å²) >= 11 is 3.25. The second-order valence-electron chi connectivity index (χ2n) is 2.84. The minimum absolute atomic E-state index is 0.00421. The standard InChI is InChI=1S/C8H12BrNO/c1-5-6-10(4)7(11)8(2,3)9/h1H,6H2,2-4H3. The third kappa shape index (κ3) is 3.43. The van der Waals surface area contributed by atoms with Crippen molar-refractivity contribution >= 4 is 21.8 Å². The fourth-order valence-electron chi connectivity index (χ4n) is 0.663. The summed E-state index contributed by atoms with van der Waals surface area (Å²) in [7, 11) is 1.69. The number of carbonyl (C=O) groups excluding carboxylic acids is 1. The molecule has 0 fully saturated rings. The molecule has 0 N–H and O–H groups in total. The predicted octanol–water partition coefficient (Wildman–Crippen LogP) is 1.25. The number of alkyl halides is 1. The minimum atomic E-state index is -0.515. The lowest BCUT2D eigenvalue weighted by molar-refractivity contribution is -0.130. The van der Waals surface area contributed by atoms with E-state index in [1.165, 1.54) is 4.90 Å². The van der Waals surface area contributed by atoms with Crippen LogP contribution in [0.3, 0.4) is 0 Å². The molecule has 0 radical (unpaired) electrons. The van der Waals surface area contributed by atoms with E-state index in [0.717, 1.165) is 0 Å². The van der Waals surface area contributed by atoms with Gasteiger partial charge in [-0.25, -0.2) is 0 Å². The SMILES string of the molecule is C#CCN(C)C(=O)C(C)(C)Br. The summed E-state index contributed by atoms with van der Waals surface area (Å²) < 4.78 is -0.515. The number of terminal acetylenes is 1. The van der Waals surface area contributed by atoms with Crippen LogP contribution in [0.1, 0.15) is 13.8 Å². The molecule has 0 rings (SSSR count). The summed E-state index contributed by atoms with van der Waals surface area (Å²) in [6.07, 6.45) is 5.05. The number of nitrogens with zero attached hydrogens (tertiary/aromatic N) is 1. The second-order valence-corrected chi connectivity index (χ2v) is 4.82. The predicted molar refractivity (Wildman–Crippen MR) is 49.5 cm³/mol. The van der Waals surface area contributed by atoms with Gasteiger partial charge in [0.1, 0.15) is 0 Å². The van der Waals surface area contributed by atoms with E-state index in [0.29, 0.717) is 6.54 Å². The Morgan fingerprint density at radius 2 is 2.18 bits per heavy atom. The third-order valence-corrected chi connectivity index (χ3v) is 1.52. The molecule has 0 atom stereocenters. The van der Waals surface area contributed by atoms with Crippen LogP contribution < -0.4 is 0 Å². The Morgan fingerprint density at radius 3 is 2.45 bits per heavy atom. The van der Waals surface area contributed by atoms with E-state index in [1.54, 1.807) is 20.9 Å². The molecular formula is C8H12BrNO.